The van der Waals surface area contributed by atoms with E-state index in [-0.39, 0.29) is 18.7 Å². The summed E-state index contributed by atoms with van der Waals surface area (Å²) in [6.07, 6.45) is 1.75. The lowest BCUT2D eigenvalue weighted by molar-refractivity contribution is -0.137. The number of rotatable bonds is 2. The summed E-state index contributed by atoms with van der Waals surface area (Å²) in [6, 6.07) is 0. The minimum Gasteiger partial charge on any atom is -0.342 e. The maximum Gasteiger partial charge on any atom is 0.248 e. The van der Waals surface area contributed by atoms with Gasteiger partial charge in [-0.3, -0.25) is 4.79 Å². The van der Waals surface area contributed by atoms with E-state index in [1.165, 1.54) is 0 Å². The molecular weight excluding hydrogens is 226 g/mol. The fraction of sp³-hybridized carbons (Fsp3) is 0.917. The number of carbonyl (C=O) groups excluding carboxylic acids is 1. The van der Waals surface area contributed by atoms with Crippen LogP contribution >= 0.6 is 0 Å². The highest BCUT2D eigenvalue weighted by molar-refractivity contribution is 5.79. The second-order valence-corrected chi connectivity index (χ2v) is 5.30. The molecule has 2 N–H and O–H groups in total. The predicted molar refractivity (Wildman–Crippen MR) is 60.6 cm³/mol. The molecule has 1 heterocycles. The van der Waals surface area contributed by atoms with E-state index in [0.29, 0.717) is 32.0 Å². The molecule has 3 nitrogen and oxygen atoms in total. The Hall–Kier alpha value is -0.710. The molecule has 2 rings (SSSR count). The molecule has 0 aromatic carbocycles. The quantitative estimate of drug-likeness (QED) is 0.804. The molecule has 5 heteroatoms. The molecule has 2 fully saturated rings. The summed E-state index contributed by atoms with van der Waals surface area (Å²) in [7, 11) is 0. The molecular formula is C12H20F2N2O. The molecule has 17 heavy (non-hydrogen) atoms. The third-order valence-corrected chi connectivity index (χ3v) is 4.01. The summed E-state index contributed by atoms with van der Waals surface area (Å²) < 4.78 is 26.1. The Balaban J connectivity index is 1.85. The van der Waals surface area contributed by atoms with Gasteiger partial charge in [0.05, 0.1) is 0 Å². The number of carbonyl (C=O) groups is 1. The first kappa shape index (κ1) is 12.7. The standard InChI is InChI=1S/C12H20F2N2O/c13-12(14)4-1-10(7-12)11(17)16-5-2-9(8-15)3-6-16/h9-10H,1-8,15H2. The largest absolute Gasteiger partial charge is 0.342 e. The lowest BCUT2D eigenvalue weighted by atomic mass is 9.95. The van der Waals surface area contributed by atoms with Gasteiger partial charge in [-0.15, -0.1) is 0 Å². The highest BCUT2D eigenvalue weighted by atomic mass is 19.3. The summed E-state index contributed by atoms with van der Waals surface area (Å²) in [6.45, 7) is 2.02. The number of alkyl halides is 2. The summed E-state index contributed by atoms with van der Waals surface area (Å²) in [5, 5.41) is 0. The monoisotopic (exact) mass is 246 g/mol. The van der Waals surface area contributed by atoms with Crippen molar-refractivity contribution >= 4 is 5.91 Å². The van der Waals surface area contributed by atoms with Gasteiger partial charge in [0, 0.05) is 31.8 Å². The van der Waals surface area contributed by atoms with E-state index < -0.39 is 11.8 Å². The van der Waals surface area contributed by atoms with Crippen molar-refractivity contribution in [1.82, 2.24) is 4.90 Å². The van der Waals surface area contributed by atoms with Crippen LogP contribution in [0.4, 0.5) is 8.78 Å². The fourth-order valence-electron chi connectivity index (χ4n) is 2.81. The first-order chi connectivity index (χ1) is 8.02. The van der Waals surface area contributed by atoms with Crippen molar-refractivity contribution in [1.29, 1.82) is 0 Å². The van der Waals surface area contributed by atoms with Crippen LogP contribution in [0.2, 0.25) is 0 Å². The third kappa shape index (κ3) is 2.94. The SMILES string of the molecule is NCC1CCN(C(=O)C2CCC(F)(F)C2)CC1. The van der Waals surface area contributed by atoms with Gasteiger partial charge in [0.2, 0.25) is 11.8 Å². The topological polar surface area (TPSA) is 46.3 Å². The van der Waals surface area contributed by atoms with Gasteiger partial charge >= 0.3 is 0 Å². The van der Waals surface area contributed by atoms with Crippen LogP contribution in [0.3, 0.4) is 0 Å². The molecule has 0 spiro atoms. The molecule has 0 bridgehead atoms. The molecule has 1 amide bonds. The first-order valence-corrected chi connectivity index (χ1v) is 6.38. The summed E-state index contributed by atoms with van der Waals surface area (Å²) in [5.74, 6) is -2.67. The molecule has 1 unspecified atom stereocenters. The van der Waals surface area contributed by atoms with Crippen molar-refractivity contribution in [3.63, 3.8) is 0 Å². The van der Waals surface area contributed by atoms with E-state index in [4.69, 9.17) is 5.73 Å². The first-order valence-electron chi connectivity index (χ1n) is 6.38. The van der Waals surface area contributed by atoms with Gasteiger partial charge < -0.3 is 10.6 Å². The highest BCUT2D eigenvalue weighted by Crippen LogP contribution is 2.39. The van der Waals surface area contributed by atoms with Gasteiger partial charge in [0.15, 0.2) is 0 Å². The molecule has 0 aromatic heterocycles. The van der Waals surface area contributed by atoms with E-state index in [9.17, 15) is 13.6 Å². The number of hydrogen-bond donors (Lipinski definition) is 1. The minimum absolute atomic E-state index is 0.0716. The van der Waals surface area contributed by atoms with Crippen LogP contribution in [-0.2, 0) is 4.79 Å². The van der Waals surface area contributed by atoms with Crippen LogP contribution in [-0.4, -0.2) is 36.4 Å². The lowest BCUT2D eigenvalue weighted by Gasteiger charge is -2.33. The average molecular weight is 246 g/mol. The molecule has 1 aliphatic heterocycles. The van der Waals surface area contributed by atoms with E-state index in [2.05, 4.69) is 0 Å². The maximum atomic E-state index is 13.1. The molecule has 0 radical (unpaired) electrons. The van der Waals surface area contributed by atoms with E-state index in [1.807, 2.05) is 0 Å². The Bertz CT molecular complexity index is 288. The zero-order chi connectivity index (χ0) is 12.5. The zero-order valence-corrected chi connectivity index (χ0v) is 10.0. The highest BCUT2D eigenvalue weighted by Gasteiger charge is 2.43. The normalized spacial score (nSPS) is 29.6. The third-order valence-electron chi connectivity index (χ3n) is 4.01. The van der Waals surface area contributed by atoms with Crippen molar-refractivity contribution in [3.05, 3.63) is 0 Å². The molecule has 1 atom stereocenters. The Kier molecular flexibility index (Phi) is 3.66. The van der Waals surface area contributed by atoms with Gasteiger partial charge in [-0.25, -0.2) is 8.78 Å². The van der Waals surface area contributed by atoms with Gasteiger partial charge in [0.25, 0.3) is 0 Å². The molecule has 2 aliphatic rings. The minimum atomic E-state index is -2.63. The van der Waals surface area contributed by atoms with Crippen LogP contribution < -0.4 is 5.73 Å². The van der Waals surface area contributed by atoms with Crippen molar-refractivity contribution in [2.75, 3.05) is 19.6 Å². The predicted octanol–water partition coefficient (Wildman–Crippen LogP) is 1.62. The lowest BCUT2D eigenvalue weighted by Crippen LogP contribution is -2.42. The maximum absolute atomic E-state index is 13.1. The van der Waals surface area contributed by atoms with E-state index >= 15 is 0 Å². The molecule has 1 aliphatic carbocycles. The fourth-order valence-corrected chi connectivity index (χ4v) is 2.81. The summed E-state index contributed by atoms with van der Waals surface area (Å²) in [5.41, 5.74) is 5.58. The number of nitrogens with zero attached hydrogens (tertiary/aromatic N) is 1. The number of nitrogens with two attached hydrogens (primary N) is 1. The molecule has 1 saturated carbocycles. The van der Waals surface area contributed by atoms with Crippen molar-refractivity contribution < 1.29 is 13.6 Å². The van der Waals surface area contributed by atoms with Crippen LogP contribution in [0.1, 0.15) is 32.1 Å². The Labute approximate surface area is 100 Å². The second kappa shape index (κ2) is 4.88. The number of piperidine rings is 1. The van der Waals surface area contributed by atoms with Crippen LogP contribution in [0.25, 0.3) is 0 Å². The van der Waals surface area contributed by atoms with E-state index in [1.54, 1.807) is 4.90 Å². The van der Waals surface area contributed by atoms with Gasteiger partial charge in [-0.05, 0) is 31.7 Å². The Morgan fingerprint density at radius 3 is 2.41 bits per heavy atom. The van der Waals surface area contributed by atoms with Crippen molar-refractivity contribution in [3.8, 4) is 0 Å². The molecule has 98 valence electrons. The number of halogens is 2. The van der Waals surface area contributed by atoms with Gasteiger partial charge in [-0.2, -0.15) is 0 Å². The Morgan fingerprint density at radius 1 is 1.29 bits per heavy atom. The molecule has 0 aromatic rings. The van der Waals surface area contributed by atoms with Crippen LogP contribution in [0, 0.1) is 11.8 Å². The summed E-state index contributed by atoms with van der Waals surface area (Å²) >= 11 is 0. The smallest absolute Gasteiger partial charge is 0.248 e. The Morgan fingerprint density at radius 2 is 1.94 bits per heavy atom. The number of hydrogen-bond acceptors (Lipinski definition) is 2. The van der Waals surface area contributed by atoms with Crippen LogP contribution in [0.5, 0.6) is 0 Å². The van der Waals surface area contributed by atoms with Crippen molar-refractivity contribution in [2.24, 2.45) is 17.6 Å². The molecule has 1 saturated heterocycles. The van der Waals surface area contributed by atoms with Crippen LogP contribution in [0.15, 0.2) is 0 Å². The summed E-state index contributed by atoms with van der Waals surface area (Å²) in [4.78, 5) is 13.8. The average Bonchev–Trinajstić information content (AvgIpc) is 2.69. The van der Waals surface area contributed by atoms with Gasteiger partial charge in [-0.1, -0.05) is 0 Å². The number of amides is 1. The zero-order valence-electron chi connectivity index (χ0n) is 10.0. The number of likely N-dealkylation sites (tertiary alicyclic amines) is 1. The van der Waals surface area contributed by atoms with E-state index in [0.717, 1.165) is 12.8 Å². The van der Waals surface area contributed by atoms with Gasteiger partial charge in [0.1, 0.15) is 0 Å². The second-order valence-electron chi connectivity index (χ2n) is 5.30. The van der Waals surface area contributed by atoms with Crippen molar-refractivity contribution in [2.45, 2.75) is 38.0 Å².